The maximum absolute atomic E-state index is 11.9. The van der Waals surface area contributed by atoms with Gasteiger partial charge in [-0.2, -0.15) is 0 Å². The van der Waals surface area contributed by atoms with Gasteiger partial charge in [-0.15, -0.1) is 0 Å². The summed E-state index contributed by atoms with van der Waals surface area (Å²) < 4.78 is 11.7. The van der Waals surface area contributed by atoms with Crippen molar-refractivity contribution in [1.82, 2.24) is 4.57 Å². The van der Waals surface area contributed by atoms with Crippen LogP contribution in [0.2, 0.25) is 0 Å². The lowest BCUT2D eigenvalue weighted by molar-refractivity contribution is -0.142. The van der Waals surface area contributed by atoms with Gasteiger partial charge in [0.2, 0.25) is 0 Å². The zero-order valence-corrected chi connectivity index (χ0v) is 11.3. The highest BCUT2D eigenvalue weighted by Gasteiger charge is 2.21. The molecule has 100 valence electrons. The van der Waals surface area contributed by atoms with Gasteiger partial charge in [-0.1, -0.05) is 0 Å². The minimum Gasteiger partial charge on any atom is -0.466 e. The van der Waals surface area contributed by atoms with E-state index in [1.165, 1.54) is 0 Å². The molecule has 0 aliphatic heterocycles. The second-order valence-corrected chi connectivity index (χ2v) is 3.95. The molecule has 5 heteroatoms. The number of esters is 2. The Morgan fingerprint density at radius 2 is 1.83 bits per heavy atom. The monoisotopic (exact) mass is 253 g/mol. The SMILES string of the molecule is CCOC(=O)Cc1c(C(=O)OCC)c(C)cn1C. The molecule has 18 heavy (non-hydrogen) atoms. The van der Waals surface area contributed by atoms with Crippen molar-refractivity contribution in [3.8, 4) is 0 Å². The first kappa shape index (κ1) is 14.3. The summed E-state index contributed by atoms with van der Waals surface area (Å²) in [7, 11) is 1.80. The number of nitrogens with zero attached hydrogens (tertiary/aromatic N) is 1. The maximum Gasteiger partial charge on any atom is 0.340 e. The quantitative estimate of drug-likeness (QED) is 0.748. The Labute approximate surface area is 107 Å². The minimum absolute atomic E-state index is 0.0757. The molecular formula is C13H19NO4. The van der Waals surface area contributed by atoms with Crippen LogP contribution in [-0.4, -0.2) is 29.7 Å². The van der Waals surface area contributed by atoms with Gasteiger partial charge in [0, 0.05) is 18.9 Å². The van der Waals surface area contributed by atoms with Gasteiger partial charge in [-0.05, 0) is 26.3 Å². The topological polar surface area (TPSA) is 57.5 Å². The van der Waals surface area contributed by atoms with Crippen LogP contribution in [0, 0.1) is 6.92 Å². The van der Waals surface area contributed by atoms with Crippen molar-refractivity contribution in [2.24, 2.45) is 7.05 Å². The molecule has 0 spiro atoms. The lowest BCUT2D eigenvalue weighted by Gasteiger charge is -2.07. The second kappa shape index (κ2) is 6.23. The number of ether oxygens (including phenoxy) is 2. The molecule has 0 radical (unpaired) electrons. The van der Waals surface area contributed by atoms with Gasteiger partial charge in [-0.25, -0.2) is 4.79 Å². The van der Waals surface area contributed by atoms with Gasteiger partial charge in [0.05, 0.1) is 25.2 Å². The van der Waals surface area contributed by atoms with Crippen LogP contribution < -0.4 is 0 Å². The van der Waals surface area contributed by atoms with Crippen LogP contribution in [0.3, 0.4) is 0 Å². The Bertz CT molecular complexity index is 448. The molecule has 1 aromatic heterocycles. The molecule has 0 fully saturated rings. The average molecular weight is 253 g/mol. The van der Waals surface area contributed by atoms with Gasteiger partial charge in [-0.3, -0.25) is 4.79 Å². The first-order chi connectivity index (χ1) is 8.51. The van der Waals surface area contributed by atoms with Crippen LogP contribution in [0.4, 0.5) is 0 Å². The Balaban J connectivity index is 3.02. The molecule has 1 rings (SSSR count). The molecular weight excluding hydrogens is 234 g/mol. The summed E-state index contributed by atoms with van der Waals surface area (Å²) in [5, 5.41) is 0. The summed E-state index contributed by atoms with van der Waals surface area (Å²) in [6.45, 7) is 5.96. The van der Waals surface area contributed by atoms with Crippen LogP contribution >= 0.6 is 0 Å². The molecule has 0 atom stereocenters. The molecule has 5 nitrogen and oxygen atoms in total. The summed E-state index contributed by atoms with van der Waals surface area (Å²) in [6, 6.07) is 0. The fraction of sp³-hybridized carbons (Fsp3) is 0.538. The lowest BCUT2D eigenvalue weighted by Crippen LogP contribution is -2.15. The molecule has 0 bridgehead atoms. The van der Waals surface area contributed by atoms with Crippen LogP contribution in [0.5, 0.6) is 0 Å². The fourth-order valence-electron chi connectivity index (χ4n) is 1.88. The summed E-state index contributed by atoms with van der Waals surface area (Å²) in [6.07, 6.45) is 1.88. The molecule has 0 aliphatic carbocycles. The van der Waals surface area contributed by atoms with E-state index in [2.05, 4.69) is 0 Å². The average Bonchev–Trinajstić information content (AvgIpc) is 2.54. The van der Waals surface area contributed by atoms with Crippen molar-refractivity contribution in [1.29, 1.82) is 0 Å². The third kappa shape index (κ3) is 3.12. The number of aryl methyl sites for hydroxylation is 2. The summed E-state index contributed by atoms with van der Waals surface area (Å²) in [5.74, 6) is -0.737. The van der Waals surface area contributed by atoms with Gasteiger partial charge >= 0.3 is 11.9 Å². The Morgan fingerprint density at radius 3 is 2.39 bits per heavy atom. The largest absolute Gasteiger partial charge is 0.466 e. The Hall–Kier alpha value is -1.78. The van der Waals surface area contributed by atoms with Crippen LogP contribution in [0.1, 0.15) is 35.5 Å². The van der Waals surface area contributed by atoms with E-state index in [1.807, 2.05) is 6.92 Å². The third-order valence-corrected chi connectivity index (χ3v) is 2.59. The fourth-order valence-corrected chi connectivity index (χ4v) is 1.88. The van der Waals surface area contributed by atoms with Crippen molar-refractivity contribution < 1.29 is 19.1 Å². The number of rotatable bonds is 5. The number of carbonyl (C=O) groups is 2. The maximum atomic E-state index is 11.9. The molecule has 0 unspecified atom stereocenters. The van der Waals surface area contributed by atoms with Crippen molar-refractivity contribution in [3.05, 3.63) is 23.0 Å². The molecule has 0 amide bonds. The highest BCUT2D eigenvalue weighted by Crippen LogP contribution is 2.18. The summed E-state index contributed by atoms with van der Waals surface area (Å²) in [4.78, 5) is 23.4. The van der Waals surface area contributed by atoms with E-state index in [4.69, 9.17) is 9.47 Å². The molecule has 0 aliphatic rings. The van der Waals surface area contributed by atoms with Crippen molar-refractivity contribution in [2.45, 2.75) is 27.2 Å². The zero-order valence-electron chi connectivity index (χ0n) is 11.3. The minimum atomic E-state index is -0.394. The molecule has 0 saturated carbocycles. The van der Waals surface area contributed by atoms with Gasteiger partial charge in [0.15, 0.2) is 0 Å². The van der Waals surface area contributed by atoms with Gasteiger partial charge in [0.25, 0.3) is 0 Å². The molecule has 0 N–H and O–H groups in total. The van der Waals surface area contributed by atoms with E-state index >= 15 is 0 Å². The van der Waals surface area contributed by atoms with Crippen LogP contribution in [-0.2, 0) is 27.7 Å². The highest BCUT2D eigenvalue weighted by atomic mass is 16.5. The predicted octanol–water partition coefficient (Wildman–Crippen LogP) is 1.62. The van der Waals surface area contributed by atoms with Gasteiger partial charge in [0.1, 0.15) is 0 Å². The smallest absolute Gasteiger partial charge is 0.340 e. The summed E-state index contributed by atoms with van der Waals surface area (Å²) >= 11 is 0. The molecule has 1 aromatic rings. The number of carbonyl (C=O) groups excluding carboxylic acids is 2. The van der Waals surface area contributed by atoms with Crippen LogP contribution in [0.25, 0.3) is 0 Å². The number of hydrogen-bond donors (Lipinski definition) is 0. The van der Waals surface area contributed by atoms with Gasteiger partial charge < -0.3 is 14.0 Å². The van der Waals surface area contributed by atoms with E-state index in [0.717, 1.165) is 5.56 Å². The van der Waals surface area contributed by atoms with E-state index in [-0.39, 0.29) is 12.4 Å². The van der Waals surface area contributed by atoms with Crippen molar-refractivity contribution in [3.63, 3.8) is 0 Å². The summed E-state index contributed by atoms with van der Waals surface area (Å²) in [5.41, 5.74) is 1.90. The molecule has 0 saturated heterocycles. The van der Waals surface area contributed by atoms with E-state index in [9.17, 15) is 9.59 Å². The lowest BCUT2D eigenvalue weighted by atomic mass is 10.1. The van der Waals surface area contributed by atoms with Crippen LogP contribution in [0.15, 0.2) is 6.20 Å². The van der Waals surface area contributed by atoms with Crippen molar-refractivity contribution in [2.75, 3.05) is 13.2 Å². The number of aromatic nitrogens is 1. The standard InChI is InChI=1S/C13H19NO4/c1-5-17-11(15)7-10-12(13(16)18-6-2)9(3)8-14(10)4/h8H,5-7H2,1-4H3. The predicted molar refractivity (Wildman–Crippen MR) is 66.4 cm³/mol. The first-order valence-electron chi connectivity index (χ1n) is 5.98. The number of hydrogen-bond acceptors (Lipinski definition) is 4. The highest BCUT2D eigenvalue weighted by molar-refractivity contribution is 5.93. The Morgan fingerprint density at radius 1 is 1.22 bits per heavy atom. The Kier molecular flexibility index (Phi) is 4.95. The molecule has 1 heterocycles. The van der Waals surface area contributed by atoms with Crippen molar-refractivity contribution >= 4 is 11.9 Å². The second-order valence-electron chi connectivity index (χ2n) is 3.95. The van der Waals surface area contributed by atoms with E-state index in [1.54, 1.807) is 31.7 Å². The first-order valence-corrected chi connectivity index (χ1v) is 5.98. The third-order valence-electron chi connectivity index (χ3n) is 2.59. The normalized spacial score (nSPS) is 10.2. The van der Waals surface area contributed by atoms with E-state index in [0.29, 0.717) is 24.5 Å². The molecule has 0 aromatic carbocycles. The van der Waals surface area contributed by atoms with E-state index < -0.39 is 5.97 Å². The zero-order chi connectivity index (χ0) is 13.7.